The van der Waals surface area contributed by atoms with Gasteiger partial charge in [-0.3, -0.25) is 0 Å². The molecule has 11 aromatic rings. The van der Waals surface area contributed by atoms with Crippen molar-refractivity contribution in [1.29, 1.82) is 0 Å². The van der Waals surface area contributed by atoms with Crippen LogP contribution in [0, 0.1) is 0 Å². The molecule has 2 heteroatoms. The van der Waals surface area contributed by atoms with Crippen molar-refractivity contribution in [2.75, 3.05) is 4.90 Å². The second kappa shape index (κ2) is 14.6. The number of thiophene rings is 1. The van der Waals surface area contributed by atoms with Gasteiger partial charge >= 0.3 is 0 Å². The molecule has 0 saturated heterocycles. The fraction of sp³-hybridized carbons (Fsp3) is 0.0476. The zero-order valence-corrected chi connectivity index (χ0v) is 37.0. The van der Waals surface area contributed by atoms with Crippen LogP contribution in [0.15, 0.2) is 224 Å². The largest absolute Gasteiger partial charge is 0.309 e. The first kappa shape index (κ1) is 37.7. The van der Waals surface area contributed by atoms with Crippen molar-refractivity contribution in [3.8, 4) is 77.9 Å². The number of anilines is 3. The van der Waals surface area contributed by atoms with Crippen LogP contribution in [0.5, 0.6) is 0 Å². The second-order valence-corrected chi connectivity index (χ2v) is 19.2. The van der Waals surface area contributed by atoms with Gasteiger partial charge in [-0.1, -0.05) is 178 Å². The van der Waals surface area contributed by atoms with Crippen LogP contribution in [0.1, 0.15) is 25.0 Å². The van der Waals surface area contributed by atoms with Crippen LogP contribution < -0.4 is 4.90 Å². The smallest absolute Gasteiger partial charge is 0.0540 e. The number of benzene rings is 10. The third kappa shape index (κ3) is 6.05. The number of hydrogen-bond acceptors (Lipinski definition) is 2. The quantitative estimate of drug-likeness (QED) is 0.167. The Bertz CT molecular complexity index is 3670. The number of fused-ring (bicyclic) bond motifs is 11. The van der Waals surface area contributed by atoms with Crippen molar-refractivity contribution in [3.05, 3.63) is 236 Å². The molecule has 1 aromatic heterocycles. The summed E-state index contributed by atoms with van der Waals surface area (Å²) in [7, 11) is 0. The summed E-state index contributed by atoms with van der Waals surface area (Å²) >= 11 is 1.87. The average Bonchev–Trinajstić information content (AvgIpc) is 3.81. The van der Waals surface area contributed by atoms with Crippen LogP contribution in [-0.2, 0) is 5.41 Å². The predicted octanol–water partition coefficient (Wildman–Crippen LogP) is 18.1. The molecule has 0 fully saturated rings. The zero-order valence-electron chi connectivity index (χ0n) is 36.2. The van der Waals surface area contributed by atoms with E-state index in [1.807, 2.05) is 11.3 Å². The molecule has 65 heavy (non-hydrogen) atoms. The molecule has 0 unspecified atom stereocenters. The molecule has 1 aliphatic carbocycles. The lowest BCUT2D eigenvalue weighted by atomic mass is 9.81. The zero-order chi connectivity index (χ0) is 43.2. The SMILES string of the molecule is CC1(C)c2cc(-c3ccc(-c4ccccc4)cc3)ccc2-c2ccc(N3c4ccccc4-c4ccc(-c5ccccc5)cc4-c4cc(-c5ccc6sc7ccccc7c6c5)ccc43)cc21. The van der Waals surface area contributed by atoms with E-state index >= 15 is 0 Å². The molecule has 0 radical (unpaired) electrons. The first-order chi connectivity index (χ1) is 32.0. The second-order valence-electron chi connectivity index (χ2n) is 18.1. The summed E-state index contributed by atoms with van der Waals surface area (Å²) in [6.07, 6.45) is 0. The van der Waals surface area contributed by atoms with Crippen LogP contribution in [0.2, 0.25) is 0 Å². The molecule has 0 spiro atoms. The maximum atomic E-state index is 2.52. The highest BCUT2D eigenvalue weighted by Crippen LogP contribution is 2.55. The Balaban J connectivity index is 0.960. The molecule has 2 heterocycles. The lowest BCUT2D eigenvalue weighted by Gasteiger charge is -2.29. The summed E-state index contributed by atoms with van der Waals surface area (Å²) < 4.78 is 2.65. The Labute approximate surface area is 384 Å². The van der Waals surface area contributed by atoms with E-state index in [0.29, 0.717) is 0 Å². The van der Waals surface area contributed by atoms with E-state index in [-0.39, 0.29) is 5.41 Å². The summed E-state index contributed by atoms with van der Waals surface area (Å²) in [5.41, 5.74) is 23.3. The molecular formula is C63H43NS. The van der Waals surface area contributed by atoms with Gasteiger partial charge in [-0.05, 0) is 139 Å². The van der Waals surface area contributed by atoms with E-state index in [0.717, 1.165) is 5.69 Å². The first-order valence-corrected chi connectivity index (χ1v) is 23.4. The van der Waals surface area contributed by atoms with E-state index in [9.17, 15) is 0 Å². The molecule has 306 valence electrons. The van der Waals surface area contributed by atoms with Gasteiger partial charge in [0.05, 0.1) is 11.4 Å². The molecule has 0 N–H and O–H groups in total. The summed E-state index contributed by atoms with van der Waals surface area (Å²) in [4.78, 5) is 2.52. The minimum absolute atomic E-state index is 0.212. The Morgan fingerprint density at radius 3 is 1.58 bits per heavy atom. The number of hydrogen-bond donors (Lipinski definition) is 0. The van der Waals surface area contributed by atoms with Crippen molar-refractivity contribution in [3.63, 3.8) is 0 Å². The van der Waals surface area contributed by atoms with Gasteiger partial charge in [-0.15, -0.1) is 11.3 Å². The Morgan fingerprint density at radius 2 is 0.800 bits per heavy atom. The first-order valence-electron chi connectivity index (χ1n) is 22.6. The minimum atomic E-state index is -0.212. The maximum Gasteiger partial charge on any atom is 0.0540 e. The molecule has 0 amide bonds. The van der Waals surface area contributed by atoms with E-state index in [4.69, 9.17) is 0 Å². The van der Waals surface area contributed by atoms with Gasteiger partial charge in [0, 0.05) is 42.4 Å². The van der Waals surface area contributed by atoms with Crippen LogP contribution >= 0.6 is 11.3 Å². The predicted molar refractivity (Wildman–Crippen MR) is 278 cm³/mol. The number of rotatable bonds is 5. The molecule has 13 rings (SSSR count). The maximum absolute atomic E-state index is 2.52. The van der Waals surface area contributed by atoms with Crippen LogP contribution in [0.3, 0.4) is 0 Å². The number of nitrogens with zero attached hydrogens (tertiary/aromatic N) is 1. The topological polar surface area (TPSA) is 3.24 Å². The molecule has 1 aliphatic heterocycles. The number of para-hydroxylation sites is 1. The van der Waals surface area contributed by atoms with Gasteiger partial charge in [-0.25, -0.2) is 0 Å². The van der Waals surface area contributed by atoms with Crippen LogP contribution in [0.4, 0.5) is 17.1 Å². The highest BCUT2D eigenvalue weighted by molar-refractivity contribution is 7.25. The van der Waals surface area contributed by atoms with Crippen molar-refractivity contribution < 1.29 is 0 Å². The Kier molecular flexibility index (Phi) is 8.50. The van der Waals surface area contributed by atoms with Crippen LogP contribution in [0.25, 0.3) is 98.1 Å². The normalized spacial score (nSPS) is 13.2. The molecule has 1 nitrogen and oxygen atoms in total. The monoisotopic (exact) mass is 845 g/mol. The lowest BCUT2D eigenvalue weighted by molar-refractivity contribution is 0.660. The van der Waals surface area contributed by atoms with Crippen molar-refractivity contribution in [2.24, 2.45) is 0 Å². The summed E-state index contributed by atoms with van der Waals surface area (Å²) in [5.74, 6) is 0. The Morgan fingerprint density at radius 1 is 0.308 bits per heavy atom. The molecule has 10 aromatic carbocycles. The molecule has 0 saturated carbocycles. The van der Waals surface area contributed by atoms with Gasteiger partial charge in [0.1, 0.15) is 0 Å². The van der Waals surface area contributed by atoms with E-state index in [1.54, 1.807) is 0 Å². The fourth-order valence-corrected chi connectivity index (χ4v) is 11.8. The van der Waals surface area contributed by atoms with E-state index < -0.39 is 0 Å². The molecule has 0 atom stereocenters. The molecule has 2 aliphatic rings. The minimum Gasteiger partial charge on any atom is -0.309 e. The lowest BCUT2D eigenvalue weighted by Crippen LogP contribution is -2.17. The van der Waals surface area contributed by atoms with Crippen LogP contribution in [-0.4, -0.2) is 0 Å². The van der Waals surface area contributed by atoms with Gasteiger partial charge < -0.3 is 4.90 Å². The van der Waals surface area contributed by atoms with Gasteiger partial charge in [0.15, 0.2) is 0 Å². The average molecular weight is 846 g/mol. The third-order valence-electron chi connectivity index (χ3n) is 14.0. The van der Waals surface area contributed by atoms with Gasteiger partial charge in [0.2, 0.25) is 0 Å². The standard InChI is InChI=1S/C63H43NS/c1-63(2)57-38-47(43-23-21-42(22-24-43)40-13-5-3-6-14-40)26-31-50(57)51-32-29-48(39-58(51)63)64-59-19-11-9-17-52(59)49-30-25-44(41-15-7-4-8-16-41)35-54(49)55-36-45(27-33-60(55)64)46-28-34-62-56(37-46)53-18-10-12-20-61(53)65-62/h3-39H,1-2H3. The van der Waals surface area contributed by atoms with E-state index in [2.05, 4.69) is 243 Å². The summed E-state index contributed by atoms with van der Waals surface area (Å²) in [6, 6.07) is 83.6. The fourth-order valence-electron chi connectivity index (χ4n) is 10.7. The van der Waals surface area contributed by atoms with Crippen molar-refractivity contribution in [1.82, 2.24) is 0 Å². The molecular weight excluding hydrogens is 803 g/mol. The summed E-state index contributed by atoms with van der Waals surface area (Å²) in [5, 5.41) is 2.63. The van der Waals surface area contributed by atoms with Gasteiger partial charge in [0.25, 0.3) is 0 Å². The Hall–Kier alpha value is -7.78. The highest BCUT2D eigenvalue weighted by Gasteiger charge is 2.37. The van der Waals surface area contributed by atoms with Crippen molar-refractivity contribution >= 4 is 48.6 Å². The highest BCUT2D eigenvalue weighted by atomic mass is 32.1. The molecule has 0 bridgehead atoms. The van der Waals surface area contributed by atoms with Gasteiger partial charge in [-0.2, -0.15) is 0 Å². The summed E-state index contributed by atoms with van der Waals surface area (Å²) in [6.45, 7) is 4.80. The third-order valence-corrected chi connectivity index (χ3v) is 15.2. The van der Waals surface area contributed by atoms with Crippen molar-refractivity contribution in [2.45, 2.75) is 19.3 Å². The van der Waals surface area contributed by atoms with E-state index in [1.165, 1.54) is 121 Å².